The maximum Gasteiger partial charge on any atom is 0.274 e. The molecule has 1 heterocycles. The van der Waals surface area contributed by atoms with Crippen molar-refractivity contribution in [2.45, 2.75) is 31.7 Å². The monoisotopic (exact) mass is 265 g/mol. The normalized spacial score (nSPS) is 15.5. The Kier molecular flexibility index (Phi) is 4.64. The van der Waals surface area contributed by atoms with Crippen molar-refractivity contribution in [2.24, 2.45) is 5.84 Å². The van der Waals surface area contributed by atoms with Gasteiger partial charge in [0.25, 0.3) is 5.91 Å². The van der Waals surface area contributed by atoms with Crippen molar-refractivity contribution in [3.05, 3.63) is 18.1 Å². The van der Waals surface area contributed by atoms with E-state index in [0.29, 0.717) is 12.4 Å². The molecule has 0 radical (unpaired) electrons. The Balaban J connectivity index is 2.12. The number of aliphatic hydroxyl groups excluding tert-OH is 1. The molecule has 0 aliphatic heterocycles. The number of nitrogens with two attached hydrogens (primary N) is 1. The van der Waals surface area contributed by atoms with Crippen LogP contribution in [0, 0.1) is 0 Å². The number of carbonyl (C=O) groups excluding carboxylic acids is 1. The fraction of sp³-hybridized carbons (Fsp3) is 0.583. The average molecular weight is 265 g/mol. The van der Waals surface area contributed by atoms with Crippen LogP contribution in [0.3, 0.4) is 0 Å². The van der Waals surface area contributed by atoms with Crippen LogP contribution in [0.4, 0.5) is 5.82 Å². The Labute approximate surface area is 111 Å². The van der Waals surface area contributed by atoms with Crippen LogP contribution < -0.4 is 11.3 Å². The van der Waals surface area contributed by atoms with E-state index >= 15 is 0 Å². The number of amides is 1. The van der Waals surface area contributed by atoms with Gasteiger partial charge in [0.1, 0.15) is 5.69 Å². The second-order valence-corrected chi connectivity index (χ2v) is 4.59. The molecule has 1 aliphatic carbocycles. The molecule has 7 nitrogen and oxygen atoms in total. The summed E-state index contributed by atoms with van der Waals surface area (Å²) in [6.07, 6.45) is 7.04. The highest BCUT2D eigenvalue weighted by atomic mass is 16.3. The molecule has 1 aromatic rings. The first-order valence-corrected chi connectivity index (χ1v) is 6.46. The zero-order valence-corrected chi connectivity index (χ0v) is 10.7. The highest BCUT2D eigenvalue weighted by molar-refractivity contribution is 5.92. The first-order chi connectivity index (χ1) is 9.26. The van der Waals surface area contributed by atoms with E-state index in [1.807, 2.05) is 0 Å². The second kappa shape index (κ2) is 6.44. The van der Waals surface area contributed by atoms with Gasteiger partial charge in [-0.2, -0.15) is 0 Å². The van der Waals surface area contributed by atoms with Gasteiger partial charge >= 0.3 is 0 Å². The lowest BCUT2D eigenvalue weighted by Crippen LogP contribution is -2.41. The van der Waals surface area contributed by atoms with Gasteiger partial charge < -0.3 is 15.4 Å². The van der Waals surface area contributed by atoms with Gasteiger partial charge in [0.15, 0.2) is 5.82 Å². The van der Waals surface area contributed by atoms with Crippen molar-refractivity contribution in [3.63, 3.8) is 0 Å². The SMILES string of the molecule is NNc1cnc(C(=O)N(CCO)C2CCCC2)cn1. The number of nitrogen functional groups attached to an aromatic ring is 1. The summed E-state index contributed by atoms with van der Waals surface area (Å²) in [5.74, 6) is 5.43. The zero-order chi connectivity index (χ0) is 13.7. The molecule has 104 valence electrons. The van der Waals surface area contributed by atoms with Crippen LogP contribution in [0.25, 0.3) is 0 Å². The van der Waals surface area contributed by atoms with E-state index in [-0.39, 0.29) is 24.2 Å². The quantitative estimate of drug-likeness (QED) is 0.516. The minimum Gasteiger partial charge on any atom is -0.395 e. The molecule has 0 unspecified atom stereocenters. The van der Waals surface area contributed by atoms with Gasteiger partial charge in [-0.1, -0.05) is 12.8 Å². The molecule has 1 aliphatic rings. The van der Waals surface area contributed by atoms with Gasteiger partial charge in [-0.25, -0.2) is 15.8 Å². The van der Waals surface area contributed by atoms with Gasteiger partial charge in [-0.05, 0) is 12.8 Å². The molecule has 2 rings (SSSR count). The molecule has 19 heavy (non-hydrogen) atoms. The minimum absolute atomic E-state index is 0.0435. The maximum atomic E-state index is 12.4. The third kappa shape index (κ3) is 3.18. The molecule has 1 saturated carbocycles. The third-order valence-corrected chi connectivity index (χ3v) is 3.39. The fourth-order valence-corrected chi connectivity index (χ4v) is 2.43. The molecular formula is C12H19N5O2. The number of anilines is 1. The average Bonchev–Trinajstić information content (AvgIpc) is 2.98. The Morgan fingerprint density at radius 2 is 2.16 bits per heavy atom. The predicted octanol–water partition coefficient (Wildman–Crippen LogP) is 0.139. The van der Waals surface area contributed by atoms with Gasteiger partial charge in [0.2, 0.25) is 0 Å². The van der Waals surface area contributed by atoms with Crippen LogP contribution >= 0.6 is 0 Å². The van der Waals surface area contributed by atoms with E-state index in [9.17, 15) is 4.79 Å². The molecule has 0 saturated heterocycles. The predicted molar refractivity (Wildman–Crippen MR) is 70.2 cm³/mol. The molecule has 0 aromatic carbocycles. The van der Waals surface area contributed by atoms with Crippen molar-refractivity contribution in [3.8, 4) is 0 Å². The Morgan fingerprint density at radius 3 is 2.68 bits per heavy atom. The number of aromatic nitrogens is 2. The summed E-state index contributed by atoms with van der Waals surface area (Å²) >= 11 is 0. The lowest BCUT2D eigenvalue weighted by molar-refractivity contribution is 0.0631. The number of carbonyl (C=O) groups is 1. The van der Waals surface area contributed by atoms with Crippen molar-refractivity contribution in [1.82, 2.24) is 14.9 Å². The van der Waals surface area contributed by atoms with E-state index in [1.54, 1.807) is 4.90 Å². The number of nitrogens with one attached hydrogen (secondary N) is 1. The first-order valence-electron chi connectivity index (χ1n) is 6.46. The lowest BCUT2D eigenvalue weighted by Gasteiger charge is -2.27. The van der Waals surface area contributed by atoms with Crippen LogP contribution in [0.2, 0.25) is 0 Å². The van der Waals surface area contributed by atoms with E-state index in [1.165, 1.54) is 12.4 Å². The summed E-state index contributed by atoms with van der Waals surface area (Å²) in [6, 6.07) is 0.203. The topological polar surface area (TPSA) is 104 Å². The smallest absolute Gasteiger partial charge is 0.274 e. The number of hydrogen-bond acceptors (Lipinski definition) is 6. The summed E-state index contributed by atoms with van der Waals surface area (Å²) in [5.41, 5.74) is 2.64. The number of aliphatic hydroxyl groups is 1. The van der Waals surface area contributed by atoms with Gasteiger partial charge in [-0.3, -0.25) is 4.79 Å². The van der Waals surface area contributed by atoms with Crippen LogP contribution in [-0.4, -0.2) is 45.1 Å². The largest absolute Gasteiger partial charge is 0.395 e. The lowest BCUT2D eigenvalue weighted by atomic mass is 10.2. The molecule has 0 bridgehead atoms. The van der Waals surface area contributed by atoms with Crippen LogP contribution in [0.5, 0.6) is 0 Å². The summed E-state index contributed by atoms with van der Waals surface area (Å²) in [6.45, 7) is 0.292. The molecule has 1 amide bonds. The van der Waals surface area contributed by atoms with Crippen molar-refractivity contribution < 1.29 is 9.90 Å². The number of hydrazine groups is 1. The van der Waals surface area contributed by atoms with Crippen LogP contribution in [0.15, 0.2) is 12.4 Å². The second-order valence-electron chi connectivity index (χ2n) is 4.59. The Bertz CT molecular complexity index is 417. The molecule has 7 heteroatoms. The van der Waals surface area contributed by atoms with E-state index in [4.69, 9.17) is 10.9 Å². The highest BCUT2D eigenvalue weighted by Gasteiger charge is 2.27. The van der Waals surface area contributed by atoms with E-state index < -0.39 is 0 Å². The number of hydrogen-bond donors (Lipinski definition) is 3. The summed E-state index contributed by atoms with van der Waals surface area (Å²) in [7, 11) is 0. The maximum absolute atomic E-state index is 12.4. The summed E-state index contributed by atoms with van der Waals surface area (Å²) in [5, 5.41) is 9.12. The van der Waals surface area contributed by atoms with E-state index in [0.717, 1.165) is 25.7 Å². The van der Waals surface area contributed by atoms with Gasteiger partial charge in [-0.15, -0.1) is 0 Å². The van der Waals surface area contributed by atoms with Gasteiger partial charge in [0, 0.05) is 12.6 Å². The highest BCUT2D eigenvalue weighted by Crippen LogP contribution is 2.24. The molecule has 1 aromatic heterocycles. The number of rotatable bonds is 5. The van der Waals surface area contributed by atoms with Crippen molar-refractivity contribution in [1.29, 1.82) is 0 Å². The fourth-order valence-electron chi connectivity index (χ4n) is 2.43. The number of nitrogens with zero attached hydrogens (tertiary/aromatic N) is 3. The van der Waals surface area contributed by atoms with Crippen molar-refractivity contribution in [2.75, 3.05) is 18.6 Å². The molecule has 0 spiro atoms. The summed E-state index contributed by atoms with van der Waals surface area (Å²) in [4.78, 5) is 22.1. The Hall–Kier alpha value is -1.73. The zero-order valence-electron chi connectivity index (χ0n) is 10.7. The molecular weight excluding hydrogens is 246 g/mol. The standard InChI is InChI=1S/C12H19N5O2/c13-16-11-8-14-10(7-15-11)12(19)17(5-6-18)9-3-1-2-4-9/h7-9,18H,1-6,13H2,(H,15,16). The molecule has 0 atom stereocenters. The van der Waals surface area contributed by atoms with Crippen molar-refractivity contribution >= 4 is 11.7 Å². The first kappa shape index (κ1) is 13.7. The van der Waals surface area contributed by atoms with E-state index in [2.05, 4.69) is 15.4 Å². The van der Waals surface area contributed by atoms with Crippen LogP contribution in [-0.2, 0) is 0 Å². The van der Waals surface area contributed by atoms with Gasteiger partial charge in [0.05, 0.1) is 19.0 Å². The third-order valence-electron chi connectivity index (χ3n) is 3.39. The molecule has 1 fully saturated rings. The minimum atomic E-state index is -0.183. The Morgan fingerprint density at radius 1 is 1.42 bits per heavy atom. The summed E-state index contributed by atoms with van der Waals surface area (Å²) < 4.78 is 0. The van der Waals surface area contributed by atoms with Crippen LogP contribution in [0.1, 0.15) is 36.2 Å². The molecule has 4 N–H and O–H groups in total.